The van der Waals surface area contributed by atoms with Gasteiger partial charge in [-0.15, -0.1) is 0 Å². The Labute approximate surface area is 148 Å². The van der Waals surface area contributed by atoms with Gasteiger partial charge in [0.2, 0.25) is 0 Å². The first-order valence-corrected chi connectivity index (χ1v) is 9.57. The lowest BCUT2D eigenvalue weighted by molar-refractivity contribution is -0.178. The van der Waals surface area contributed by atoms with E-state index < -0.39 is 10.8 Å². The number of cyclic esters (lactones) is 1. The molecule has 134 valence electrons. The van der Waals surface area contributed by atoms with Gasteiger partial charge in [0.1, 0.15) is 0 Å². The average molecular weight is 342 g/mol. The second-order valence-corrected chi connectivity index (χ2v) is 8.39. The third-order valence-electron chi connectivity index (χ3n) is 7.31. The summed E-state index contributed by atoms with van der Waals surface area (Å²) in [5.41, 5.74) is -0.352. The van der Waals surface area contributed by atoms with E-state index in [0.29, 0.717) is 31.4 Å². The van der Waals surface area contributed by atoms with Gasteiger partial charge in [-0.25, -0.2) is 0 Å². The Morgan fingerprint density at radius 1 is 1.32 bits per heavy atom. The quantitative estimate of drug-likeness (QED) is 0.448. The van der Waals surface area contributed by atoms with Crippen molar-refractivity contribution in [2.24, 2.45) is 28.6 Å². The van der Waals surface area contributed by atoms with Crippen molar-refractivity contribution in [3.63, 3.8) is 0 Å². The molecule has 5 atom stereocenters. The highest BCUT2D eigenvalue weighted by molar-refractivity contribution is 6.20. The molecule has 4 aliphatic carbocycles. The molecule has 4 heteroatoms. The maximum absolute atomic E-state index is 13.2. The highest BCUT2D eigenvalue weighted by Gasteiger charge is 2.70. The SMILES string of the molecule is C=C1C(=O)[C@]23CC[C@H]1CC2C1(CCCC)C(=O)OC[C@@H](C)C1=CC3=O. The molecule has 0 amide bonds. The highest BCUT2D eigenvalue weighted by Crippen LogP contribution is 2.66. The molecule has 5 rings (SSSR count). The van der Waals surface area contributed by atoms with Crippen molar-refractivity contribution in [2.75, 3.05) is 6.61 Å². The third-order valence-corrected chi connectivity index (χ3v) is 7.31. The Hall–Kier alpha value is -1.71. The average Bonchev–Trinajstić information content (AvgIpc) is 2.61. The molecule has 1 heterocycles. The maximum Gasteiger partial charge on any atom is 0.316 e. The van der Waals surface area contributed by atoms with Gasteiger partial charge in [-0.2, -0.15) is 0 Å². The van der Waals surface area contributed by atoms with Crippen molar-refractivity contribution in [1.29, 1.82) is 0 Å². The predicted octanol–water partition coefficient (Wildman–Crippen LogP) is 3.41. The number of ketones is 2. The molecule has 2 bridgehead atoms. The van der Waals surface area contributed by atoms with Crippen molar-refractivity contribution in [3.8, 4) is 0 Å². The van der Waals surface area contributed by atoms with Crippen LogP contribution in [-0.4, -0.2) is 24.1 Å². The molecule has 5 aliphatic rings. The van der Waals surface area contributed by atoms with Crippen LogP contribution in [0.25, 0.3) is 0 Å². The Bertz CT molecular complexity index is 717. The van der Waals surface area contributed by atoms with E-state index in [2.05, 4.69) is 13.5 Å². The molecule has 25 heavy (non-hydrogen) atoms. The van der Waals surface area contributed by atoms with E-state index >= 15 is 0 Å². The Balaban J connectivity index is 1.95. The number of hydrogen-bond acceptors (Lipinski definition) is 4. The topological polar surface area (TPSA) is 60.4 Å². The van der Waals surface area contributed by atoms with Crippen LogP contribution in [0.15, 0.2) is 23.8 Å². The largest absolute Gasteiger partial charge is 0.464 e. The van der Waals surface area contributed by atoms with Crippen LogP contribution >= 0.6 is 0 Å². The molecule has 2 unspecified atom stereocenters. The Kier molecular flexibility index (Phi) is 3.61. The minimum atomic E-state index is -1.07. The van der Waals surface area contributed by atoms with Gasteiger partial charge in [-0.05, 0) is 54.7 Å². The lowest BCUT2D eigenvalue weighted by atomic mass is 9.41. The minimum Gasteiger partial charge on any atom is -0.464 e. The maximum atomic E-state index is 13.2. The smallest absolute Gasteiger partial charge is 0.316 e. The van der Waals surface area contributed by atoms with Crippen molar-refractivity contribution < 1.29 is 19.1 Å². The second kappa shape index (κ2) is 5.39. The van der Waals surface area contributed by atoms with Crippen LogP contribution in [0.4, 0.5) is 0 Å². The molecule has 0 N–H and O–H groups in total. The molecule has 0 aromatic carbocycles. The van der Waals surface area contributed by atoms with Crippen molar-refractivity contribution >= 4 is 17.5 Å². The summed E-state index contributed by atoms with van der Waals surface area (Å²) in [5, 5.41) is 0. The molecule has 1 saturated heterocycles. The van der Waals surface area contributed by atoms with Gasteiger partial charge in [0, 0.05) is 5.92 Å². The van der Waals surface area contributed by atoms with Crippen LogP contribution in [0.2, 0.25) is 0 Å². The summed E-state index contributed by atoms with van der Waals surface area (Å²) in [6.45, 7) is 8.43. The van der Waals surface area contributed by atoms with Crippen LogP contribution in [0.5, 0.6) is 0 Å². The Morgan fingerprint density at radius 3 is 2.80 bits per heavy atom. The van der Waals surface area contributed by atoms with E-state index in [9.17, 15) is 14.4 Å². The number of hydrogen-bond donors (Lipinski definition) is 0. The Morgan fingerprint density at radius 2 is 2.08 bits per heavy atom. The first-order chi connectivity index (χ1) is 11.9. The van der Waals surface area contributed by atoms with Gasteiger partial charge in [-0.3, -0.25) is 14.4 Å². The van der Waals surface area contributed by atoms with Crippen molar-refractivity contribution in [2.45, 2.75) is 52.4 Å². The van der Waals surface area contributed by atoms with Crippen molar-refractivity contribution in [3.05, 3.63) is 23.8 Å². The number of Topliss-reactive ketones (excluding diaryl/α,β-unsaturated/α-hetero) is 1. The zero-order chi connectivity index (χ0) is 18.0. The van der Waals surface area contributed by atoms with Gasteiger partial charge < -0.3 is 4.74 Å². The van der Waals surface area contributed by atoms with Crippen LogP contribution in [0.1, 0.15) is 52.4 Å². The summed E-state index contributed by atoms with van der Waals surface area (Å²) >= 11 is 0. The summed E-state index contributed by atoms with van der Waals surface area (Å²) in [5.74, 6) is -0.531. The van der Waals surface area contributed by atoms with E-state index in [0.717, 1.165) is 24.8 Å². The minimum absolute atomic E-state index is 0.0367. The fourth-order valence-corrected chi connectivity index (χ4v) is 6.01. The zero-order valence-corrected chi connectivity index (χ0v) is 15.1. The van der Waals surface area contributed by atoms with E-state index in [1.165, 1.54) is 0 Å². The van der Waals surface area contributed by atoms with Gasteiger partial charge in [0.25, 0.3) is 0 Å². The van der Waals surface area contributed by atoms with Crippen LogP contribution in [0.3, 0.4) is 0 Å². The second-order valence-electron chi connectivity index (χ2n) is 8.39. The van der Waals surface area contributed by atoms with Crippen LogP contribution < -0.4 is 0 Å². The molecular weight excluding hydrogens is 316 g/mol. The van der Waals surface area contributed by atoms with E-state index in [1.54, 1.807) is 6.08 Å². The fraction of sp³-hybridized carbons (Fsp3) is 0.667. The lowest BCUT2D eigenvalue weighted by Crippen LogP contribution is -2.65. The molecule has 4 fully saturated rings. The lowest BCUT2D eigenvalue weighted by Gasteiger charge is -2.60. The fourth-order valence-electron chi connectivity index (χ4n) is 6.01. The van der Waals surface area contributed by atoms with E-state index in [-0.39, 0.29) is 35.3 Å². The number of allylic oxidation sites excluding steroid dienone is 2. The molecule has 1 aliphatic heterocycles. The van der Waals surface area contributed by atoms with E-state index in [1.807, 2.05) is 6.92 Å². The number of esters is 1. The first-order valence-electron chi connectivity index (χ1n) is 9.57. The van der Waals surface area contributed by atoms with Crippen molar-refractivity contribution in [1.82, 2.24) is 0 Å². The summed E-state index contributed by atoms with van der Waals surface area (Å²) in [7, 11) is 0. The number of rotatable bonds is 3. The summed E-state index contributed by atoms with van der Waals surface area (Å²) in [6, 6.07) is 0. The summed E-state index contributed by atoms with van der Waals surface area (Å²) < 4.78 is 5.59. The monoisotopic (exact) mass is 342 g/mol. The number of carbonyl (C=O) groups is 3. The van der Waals surface area contributed by atoms with Gasteiger partial charge in [-0.1, -0.05) is 33.3 Å². The molecule has 1 spiro atoms. The van der Waals surface area contributed by atoms with Crippen LogP contribution in [0, 0.1) is 28.6 Å². The standard InChI is InChI=1S/C21H26O4/c1-4-5-7-20-15(12(2)11-25-19(20)24)10-17(22)21-8-6-14(9-16(20)21)13(3)18(21)23/h10,12,14,16H,3-9,11H2,1-2H3/t12-,14+,16?,20?,21-/m1/s1. The van der Waals surface area contributed by atoms with Gasteiger partial charge in [0.05, 0.1) is 17.4 Å². The molecule has 0 radical (unpaired) electrons. The zero-order valence-electron chi connectivity index (χ0n) is 15.1. The molecular formula is C21H26O4. The molecule has 0 aromatic heterocycles. The first kappa shape index (κ1) is 16.7. The van der Waals surface area contributed by atoms with Gasteiger partial charge >= 0.3 is 5.97 Å². The molecule has 0 aromatic rings. The number of carbonyl (C=O) groups excluding carboxylic acids is 3. The van der Waals surface area contributed by atoms with Crippen LogP contribution in [-0.2, 0) is 19.1 Å². The van der Waals surface area contributed by atoms with Gasteiger partial charge in [0.15, 0.2) is 11.6 Å². The highest BCUT2D eigenvalue weighted by atomic mass is 16.5. The third kappa shape index (κ3) is 1.86. The summed E-state index contributed by atoms with van der Waals surface area (Å²) in [4.78, 5) is 39.4. The normalized spacial score (nSPS) is 42.6. The number of unbranched alkanes of at least 4 members (excludes halogenated alkanes) is 1. The summed E-state index contributed by atoms with van der Waals surface area (Å²) in [6.07, 6.45) is 6.26. The number of ether oxygens (including phenoxy) is 1. The molecule has 4 nitrogen and oxygen atoms in total. The van der Waals surface area contributed by atoms with E-state index in [4.69, 9.17) is 4.74 Å². The molecule has 3 saturated carbocycles. The predicted molar refractivity (Wildman–Crippen MR) is 92.6 cm³/mol. The number of fused-ring (bicyclic) bond motifs is 3.